The monoisotopic (exact) mass is 1200 g/mol. The van der Waals surface area contributed by atoms with Gasteiger partial charge < -0.3 is 38.4 Å². The maximum absolute atomic E-state index is 15.5. The van der Waals surface area contributed by atoms with Crippen LogP contribution in [0.15, 0.2) is 121 Å². The number of phosphoric acid groups is 1. The summed E-state index contributed by atoms with van der Waals surface area (Å²) in [6.07, 6.45) is 29.1. The minimum absolute atomic E-state index is 0.0253. The van der Waals surface area contributed by atoms with Crippen molar-refractivity contribution in [1.29, 1.82) is 0 Å². The molecule has 0 aromatic heterocycles. The lowest BCUT2D eigenvalue weighted by molar-refractivity contribution is -0.217. The third-order valence-electron chi connectivity index (χ3n) is 16.2. The molecular formula is C72H110NO11P. The largest absolute Gasteiger partial charge is 0.588 e. The van der Waals surface area contributed by atoms with E-state index in [4.69, 9.17) is 32.5 Å². The van der Waals surface area contributed by atoms with Crippen LogP contribution in [0.4, 0.5) is 0 Å². The van der Waals surface area contributed by atoms with E-state index in [9.17, 15) is 11.3 Å². The van der Waals surface area contributed by atoms with E-state index in [2.05, 4.69) is 20.8 Å². The Bertz CT molecular complexity index is 2270. The number of carbonyl (C=O) groups is 2. The summed E-state index contributed by atoms with van der Waals surface area (Å²) in [4.78, 5) is 30.0. The molecule has 0 bridgehead atoms. The fourth-order valence-electron chi connectivity index (χ4n) is 11.3. The molecule has 0 radical (unpaired) electrons. The van der Waals surface area contributed by atoms with E-state index >= 15 is 9.36 Å². The van der Waals surface area contributed by atoms with Crippen LogP contribution in [0.5, 0.6) is 11.5 Å². The highest BCUT2D eigenvalue weighted by molar-refractivity contribution is 7.49. The lowest BCUT2D eigenvalue weighted by atomic mass is 9.91. The predicted octanol–water partition coefficient (Wildman–Crippen LogP) is 18.9. The van der Waals surface area contributed by atoms with Gasteiger partial charge in [-0.3, -0.25) is 9.32 Å². The van der Waals surface area contributed by atoms with Gasteiger partial charge in [-0.05, 0) is 61.1 Å². The number of unbranched alkanes of at least 4 members (excludes halogenated alkanes) is 27. The summed E-state index contributed by atoms with van der Waals surface area (Å²) in [5.41, 5.74) is 1.38. The third-order valence-corrected chi connectivity index (χ3v) is 17.6. The van der Waals surface area contributed by atoms with E-state index in [1.54, 1.807) is 60.7 Å². The van der Waals surface area contributed by atoms with E-state index in [0.29, 0.717) is 30.6 Å². The highest BCUT2D eigenvalue weighted by Gasteiger charge is 2.54. The summed E-state index contributed by atoms with van der Waals surface area (Å²) in [5, 5.41) is 12.2. The minimum Gasteiger partial charge on any atom is -0.451 e. The first-order valence-corrected chi connectivity index (χ1v) is 35.0. The number of esters is 1. The zero-order valence-corrected chi connectivity index (χ0v) is 53.4. The molecule has 12 nitrogen and oxygen atoms in total. The van der Waals surface area contributed by atoms with E-state index in [1.807, 2.05) is 60.7 Å². The number of para-hydroxylation sites is 2. The van der Waals surface area contributed by atoms with Crippen LogP contribution in [-0.4, -0.2) is 73.4 Å². The molecule has 4 aromatic rings. The number of rotatable bonds is 50. The number of phosphoric ester groups is 1. The molecule has 5 rings (SSSR count). The Morgan fingerprint density at radius 1 is 0.529 bits per heavy atom. The van der Waals surface area contributed by atoms with Gasteiger partial charge in [-0.15, -0.1) is 0 Å². The first-order chi connectivity index (χ1) is 42.2. The number of aliphatic hydroxyl groups is 1. The van der Waals surface area contributed by atoms with Gasteiger partial charge in [-0.25, -0.2) is 9.36 Å². The van der Waals surface area contributed by atoms with Crippen molar-refractivity contribution in [1.82, 2.24) is 5.31 Å². The molecule has 1 aliphatic heterocycles. The summed E-state index contributed by atoms with van der Waals surface area (Å²) in [5.74, 6) is -1.09. The summed E-state index contributed by atoms with van der Waals surface area (Å²) < 4.78 is 71.1. The summed E-state index contributed by atoms with van der Waals surface area (Å²) in [6.45, 7) is 6.64. The van der Waals surface area contributed by atoms with E-state index in [1.165, 1.54) is 128 Å². The molecule has 1 heterocycles. The number of amides is 1. The minimum atomic E-state index is -4.78. The average molecular weight is 1200 g/mol. The molecule has 2 N–H and O–H groups in total. The van der Waals surface area contributed by atoms with Gasteiger partial charge in [-0.2, -0.15) is 0 Å². The van der Waals surface area contributed by atoms with Crippen molar-refractivity contribution >= 4 is 19.7 Å². The topological polar surface area (TPSA) is 148 Å². The Balaban J connectivity index is 1.47. The summed E-state index contributed by atoms with van der Waals surface area (Å²) in [7, 11) is -4.78. The number of ether oxygens (including phenoxy) is 4. The Morgan fingerprint density at radius 2 is 0.941 bits per heavy atom. The molecule has 4 aromatic carbocycles. The van der Waals surface area contributed by atoms with Crippen molar-refractivity contribution in [2.75, 3.05) is 19.8 Å². The number of nitrogens with one attached hydrogen (secondary N) is 1. The standard InChI is InChI=1S/C72H110NO11P/c1-4-7-10-13-16-19-21-23-26-29-44-55-66(75)73-67-70(79-58-56-62(50-39-28-25-22-18-15-12-9-6-3)78-57-45-30-27-24-20-17-14-11-8-5-2)69(84-85(77,82-63-51-40-33-41-52-63)83-64-53-42-34-43-54-64)65(59-74)80-71(67)72(76)81-68(60-46-35-31-36-47-60)61-48-37-32-38-49-61/h31-38,40-43,46-49,51-54,62,65,67-71,74H,4-30,39,44-45,50,55-59H2,1-3H3,(H,73,75)/t62-,65-,67-,69-,70-,71+/m1/s1/i/hD. The van der Waals surface area contributed by atoms with Gasteiger partial charge in [0.05, 0.1) is 18.8 Å². The normalized spacial score (nSPS) is 17.6. The first-order valence-electron chi connectivity index (χ1n) is 34.0. The molecule has 1 saturated heterocycles. The van der Waals surface area contributed by atoms with Gasteiger partial charge in [-0.1, -0.05) is 298 Å². The zero-order chi connectivity index (χ0) is 61.1. The van der Waals surface area contributed by atoms with Gasteiger partial charge in [0.15, 0.2) is 13.6 Å². The summed E-state index contributed by atoms with van der Waals surface area (Å²) in [6, 6.07) is 34.1. The van der Waals surface area contributed by atoms with Gasteiger partial charge in [0.25, 0.3) is 0 Å². The van der Waals surface area contributed by atoms with Gasteiger partial charge in [0, 0.05) is 19.6 Å². The summed E-state index contributed by atoms with van der Waals surface area (Å²) >= 11 is 0. The second-order valence-electron chi connectivity index (χ2n) is 23.5. The molecular weight excluding hydrogens is 1090 g/mol. The fourth-order valence-corrected chi connectivity index (χ4v) is 12.7. The molecule has 1 aliphatic rings. The second-order valence-corrected chi connectivity index (χ2v) is 24.9. The third kappa shape index (κ3) is 29.3. The van der Waals surface area contributed by atoms with E-state index < -0.39 is 62.9 Å². The van der Waals surface area contributed by atoms with Crippen LogP contribution >= 0.6 is 7.82 Å². The quantitative estimate of drug-likeness (QED) is 0.0247. The average Bonchev–Trinajstić information content (AvgIpc) is 1.14. The predicted molar refractivity (Wildman–Crippen MR) is 344 cm³/mol. The number of hydrogen-bond acceptors (Lipinski definition) is 11. The van der Waals surface area contributed by atoms with Crippen molar-refractivity contribution in [3.63, 3.8) is 0 Å². The molecule has 0 aliphatic carbocycles. The maximum atomic E-state index is 15.5. The first kappa shape index (κ1) is 69.5. The van der Waals surface area contributed by atoms with Crippen LogP contribution < -0.4 is 14.4 Å². The second kappa shape index (κ2) is 44.8. The molecule has 85 heavy (non-hydrogen) atoms. The number of carbonyl (C=O) groups excluding carboxylic acids is 2. The van der Waals surface area contributed by atoms with Crippen molar-refractivity contribution in [2.45, 2.75) is 275 Å². The Morgan fingerprint density at radius 3 is 1.39 bits per heavy atom. The highest BCUT2D eigenvalue weighted by atomic mass is 31.2. The molecule has 0 unspecified atom stereocenters. The SMILES string of the molecule is [2H]N(C(=O)CCCCCCCCCCCCC)[C@@H]1[C@@H](OCC[C@@H](CCCCCCCCCCC)OCCCCCCCCCCCC)[C@H](OP(=O)(Oc2ccccc2)Oc2ccccc2)[C@@H](CO)O[C@@H]1C(=O)OC(c1ccccc1)c1ccccc1. The Hall–Kier alpha value is -4.55. The molecule has 1 fully saturated rings. The van der Waals surface area contributed by atoms with Gasteiger partial charge in [0.1, 0.15) is 29.8 Å². The Labute approximate surface area is 515 Å². The maximum Gasteiger partial charge on any atom is 0.588 e. The van der Waals surface area contributed by atoms with Crippen LogP contribution in [-0.2, 0) is 37.6 Å². The zero-order valence-electron chi connectivity index (χ0n) is 53.5. The van der Waals surface area contributed by atoms with Crippen LogP contribution in [0.2, 0.25) is 1.41 Å². The van der Waals surface area contributed by atoms with Gasteiger partial charge in [0.2, 0.25) is 5.91 Å². The highest BCUT2D eigenvalue weighted by Crippen LogP contribution is 2.52. The number of aliphatic hydroxyl groups excluding tert-OH is 1. The van der Waals surface area contributed by atoms with Crippen LogP contribution in [0.1, 0.15) is 250 Å². The van der Waals surface area contributed by atoms with Crippen LogP contribution in [0.3, 0.4) is 0 Å². The molecule has 6 atom stereocenters. The van der Waals surface area contributed by atoms with Crippen molar-refractivity contribution in [3.05, 3.63) is 132 Å². The fraction of sp³-hybridized carbons (Fsp3) is 0.639. The molecule has 474 valence electrons. The van der Waals surface area contributed by atoms with E-state index in [0.717, 1.165) is 69.5 Å². The lowest BCUT2D eigenvalue weighted by Gasteiger charge is -2.45. The Kier molecular flexibility index (Phi) is 36.7. The van der Waals surface area contributed by atoms with Crippen molar-refractivity contribution < 1.29 is 53.2 Å². The van der Waals surface area contributed by atoms with Crippen LogP contribution in [0, 0.1) is 0 Å². The molecule has 0 saturated carbocycles. The van der Waals surface area contributed by atoms with Gasteiger partial charge >= 0.3 is 13.8 Å². The van der Waals surface area contributed by atoms with Crippen LogP contribution in [0.25, 0.3) is 0 Å². The number of benzene rings is 4. The van der Waals surface area contributed by atoms with E-state index in [-0.39, 0.29) is 30.6 Å². The number of hydrogen-bond donors (Lipinski definition) is 2. The molecule has 1 amide bonds. The van der Waals surface area contributed by atoms with Crippen molar-refractivity contribution in [2.24, 2.45) is 0 Å². The smallest absolute Gasteiger partial charge is 0.451 e. The molecule has 0 spiro atoms. The lowest BCUT2D eigenvalue weighted by Crippen LogP contribution is -2.67. The molecule has 13 heteroatoms. The van der Waals surface area contributed by atoms with Crippen molar-refractivity contribution in [3.8, 4) is 11.5 Å².